The molecule has 8 heteroatoms. The fourth-order valence-electron chi connectivity index (χ4n) is 3.52. The summed E-state index contributed by atoms with van der Waals surface area (Å²) in [5.41, 5.74) is 1.42. The highest BCUT2D eigenvalue weighted by Crippen LogP contribution is 2.27. The molecule has 7 nitrogen and oxygen atoms in total. The maximum atomic E-state index is 12.8. The van der Waals surface area contributed by atoms with Gasteiger partial charge in [0.2, 0.25) is 0 Å². The molecule has 0 radical (unpaired) electrons. The number of amides is 2. The maximum absolute atomic E-state index is 12.8. The number of thiazole rings is 1. The van der Waals surface area contributed by atoms with Crippen LogP contribution in [0.25, 0.3) is 10.2 Å². The Balaban J connectivity index is 1.59. The number of anilines is 1. The molecular weight excluding hydrogens is 400 g/mol. The lowest BCUT2D eigenvalue weighted by molar-refractivity contribution is 0.0664. The van der Waals surface area contributed by atoms with E-state index in [1.807, 2.05) is 23.1 Å². The third-order valence-corrected chi connectivity index (χ3v) is 6.56. The van der Waals surface area contributed by atoms with Crippen LogP contribution in [0.3, 0.4) is 0 Å². The Bertz CT molecular complexity index is 861. The first kappa shape index (κ1) is 22.5. The molecule has 1 aliphatic heterocycles. The molecule has 2 aromatic rings. The standard InChI is InChI=1S/C22H32N4O3S/c1-4-6-7-16(5-2)15-29-22(28)24-21-23-18-9-8-17(14-19(18)30-21)20(27)26-12-10-25(3)11-13-26/h8-9,14,16H,4-7,10-13,15H2,1-3H3,(H,23,24,28). The van der Waals surface area contributed by atoms with Gasteiger partial charge in [-0.3, -0.25) is 10.1 Å². The molecular formula is C22H32N4O3S. The lowest BCUT2D eigenvalue weighted by Gasteiger charge is -2.32. The highest BCUT2D eigenvalue weighted by molar-refractivity contribution is 7.22. The van der Waals surface area contributed by atoms with Gasteiger partial charge >= 0.3 is 6.09 Å². The van der Waals surface area contributed by atoms with Crippen molar-refractivity contribution in [3.05, 3.63) is 23.8 Å². The van der Waals surface area contributed by atoms with Crippen LogP contribution in [0.1, 0.15) is 49.9 Å². The monoisotopic (exact) mass is 432 g/mol. The number of carbonyl (C=O) groups is 2. The van der Waals surface area contributed by atoms with Crippen LogP contribution in [0.4, 0.5) is 9.93 Å². The third kappa shape index (κ3) is 5.92. The third-order valence-electron chi connectivity index (χ3n) is 5.63. The molecule has 164 valence electrons. The number of unbranched alkanes of at least 4 members (excludes halogenated alkanes) is 1. The van der Waals surface area contributed by atoms with E-state index in [-0.39, 0.29) is 5.91 Å². The van der Waals surface area contributed by atoms with Crippen molar-refractivity contribution >= 4 is 38.7 Å². The molecule has 1 aromatic carbocycles. The SMILES string of the molecule is CCCCC(CC)COC(=O)Nc1nc2ccc(C(=O)N3CCN(C)CC3)cc2s1. The van der Waals surface area contributed by atoms with Crippen molar-refractivity contribution in [1.82, 2.24) is 14.8 Å². The van der Waals surface area contributed by atoms with Gasteiger partial charge in [-0.15, -0.1) is 0 Å². The van der Waals surface area contributed by atoms with E-state index in [2.05, 4.69) is 36.1 Å². The van der Waals surface area contributed by atoms with E-state index in [9.17, 15) is 9.59 Å². The van der Waals surface area contributed by atoms with Gasteiger partial charge in [0, 0.05) is 31.7 Å². The number of fused-ring (bicyclic) bond motifs is 1. The molecule has 0 bridgehead atoms. The van der Waals surface area contributed by atoms with Crippen molar-refractivity contribution < 1.29 is 14.3 Å². The van der Waals surface area contributed by atoms with Crippen molar-refractivity contribution in [3.63, 3.8) is 0 Å². The molecule has 2 heterocycles. The zero-order valence-electron chi connectivity index (χ0n) is 18.1. The Morgan fingerprint density at radius 1 is 1.23 bits per heavy atom. The second-order valence-electron chi connectivity index (χ2n) is 7.94. The van der Waals surface area contributed by atoms with Crippen molar-refractivity contribution in [3.8, 4) is 0 Å². The fourth-order valence-corrected chi connectivity index (χ4v) is 4.41. The van der Waals surface area contributed by atoms with E-state index < -0.39 is 6.09 Å². The van der Waals surface area contributed by atoms with Crippen LogP contribution in [-0.4, -0.2) is 66.6 Å². The number of benzene rings is 1. The fraction of sp³-hybridized carbons (Fsp3) is 0.591. The van der Waals surface area contributed by atoms with Crippen molar-refractivity contribution in [1.29, 1.82) is 0 Å². The van der Waals surface area contributed by atoms with Gasteiger partial charge in [0.25, 0.3) is 5.91 Å². The lowest BCUT2D eigenvalue weighted by Crippen LogP contribution is -2.47. The maximum Gasteiger partial charge on any atom is 0.413 e. The molecule has 1 saturated heterocycles. The summed E-state index contributed by atoms with van der Waals surface area (Å²) in [4.78, 5) is 33.5. The smallest absolute Gasteiger partial charge is 0.413 e. The number of piperazine rings is 1. The number of rotatable bonds is 8. The number of nitrogens with one attached hydrogen (secondary N) is 1. The molecule has 1 fully saturated rings. The molecule has 0 saturated carbocycles. The second-order valence-corrected chi connectivity index (χ2v) is 8.97. The number of ether oxygens (including phenoxy) is 1. The Labute approximate surface area is 182 Å². The molecule has 30 heavy (non-hydrogen) atoms. The zero-order valence-corrected chi connectivity index (χ0v) is 19.0. The van der Waals surface area contributed by atoms with Crippen molar-refractivity contribution in [2.75, 3.05) is 45.2 Å². The van der Waals surface area contributed by atoms with E-state index in [1.54, 1.807) is 0 Å². The summed E-state index contributed by atoms with van der Waals surface area (Å²) < 4.78 is 6.27. The van der Waals surface area contributed by atoms with Crippen LogP contribution in [-0.2, 0) is 4.74 Å². The van der Waals surface area contributed by atoms with Crippen LogP contribution in [0, 0.1) is 5.92 Å². The Kier molecular flexibility index (Phi) is 8.04. The first-order chi connectivity index (χ1) is 14.5. The van der Waals surface area contributed by atoms with Crippen LogP contribution >= 0.6 is 11.3 Å². The van der Waals surface area contributed by atoms with Gasteiger partial charge in [-0.25, -0.2) is 9.78 Å². The minimum Gasteiger partial charge on any atom is -0.449 e. The number of hydrogen-bond acceptors (Lipinski definition) is 6. The van der Waals surface area contributed by atoms with E-state index >= 15 is 0 Å². The number of aromatic nitrogens is 1. The summed E-state index contributed by atoms with van der Waals surface area (Å²) in [6, 6.07) is 5.51. The van der Waals surface area contributed by atoms with Crippen molar-refractivity contribution in [2.24, 2.45) is 5.92 Å². The van der Waals surface area contributed by atoms with Crippen LogP contribution in [0.5, 0.6) is 0 Å². The molecule has 2 amide bonds. The molecule has 1 N–H and O–H groups in total. The molecule has 1 aliphatic rings. The minimum atomic E-state index is -0.474. The number of nitrogens with zero attached hydrogens (tertiary/aromatic N) is 3. The average Bonchev–Trinajstić information content (AvgIpc) is 3.15. The van der Waals surface area contributed by atoms with E-state index in [0.29, 0.717) is 23.2 Å². The molecule has 3 rings (SSSR count). The highest BCUT2D eigenvalue weighted by atomic mass is 32.1. The van der Waals surface area contributed by atoms with Crippen molar-refractivity contribution in [2.45, 2.75) is 39.5 Å². The normalized spacial score (nSPS) is 15.9. The second kappa shape index (κ2) is 10.7. The first-order valence-electron chi connectivity index (χ1n) is 10.8. The quantitative estimate of drug-likeness (QED) is 0.667. The first-order valence-corrected chi connectivity index (χ1v) is 11.6. The molecule has 0 aliphatic carbocycles. The summed E-state index contributed by atoms with van der Waals surface area (Å²) in [5, 5.41) is 3.22. The van der Waals surface area contributed by atoms with E-state index in [1.165, 1.54) is 11.3 Å². The Morgan fingerprint density at radius 3 is 2.70 bits per heavy atom. The highest BCUT2D eigenvalue weighted by Gasteiger charge is 2.21. The van der Waals surface area contributed by atoms with Gasteiger partial charge in [0.15, 0.2) is 5.13 Å². The number of carbonyl (C=O) groups excluding carboxylic acids is 2. The zero-order chi connectivity index (χ0) is 21.5. The molecule has 1 unspecified atom stereocenters. The number of likely N-dealkylation sites (N-methyl/N-ethyl adjacent to an activating group) is 1. The summed E-state index contributed by atoms with van der Waals surface area (Å²) >= 11 is 1.36. The molecule has 1 atom stereocenters. The molecule has 0 spiro atoms. The summed E-state index contributed by atoms with van der Waals surface area (Å²) in [7, 11) is 2.07. The summed E-state index contributed by atoms with van der Waals surface area (Å²) in [5.74, 6) is 0.444. The molecule has 1 aromatic heterocycles. The summed E-state index contributed by atoms with van der Waals surface area (Å²) in [6.07, 6.45) is 3.90. The topological polar surface area (TPSA) is 74.8 Å². The average molecular weight is 433 g/mol. The predicted molar refractivity (Wildman–Crippen MR) is 121 cm³/mol. The summed E-state index contributed by atoms with van der Waals surface area (Å²) in [6.45, 7) is 7.98. The van der Waals surface area contributed by atoms with Gasteiger partial charge < -0.3 is 14.5 Å². The van der Waals surface area contributed by atoms with Gasteiger partial charge in [-0.05, 0) is 37.6 Å². The van der Waals surface area contributed by atoms with Gasteiger partial charge in [0.1, 0.15) is 0 Å². The lowest BCUT2D eigenvalue weighted by atomic mass is 10.0. The number of hydrogen-bond donors (Lipinski definition) is 1. The van der Waals surface area contributed by atoms with Gasteiger partial charge in [-0.2, -0.15) is 0 Å². The van der Waals surface area contributed by atoms with Crippen LogP contribution in [0.2, 0.25) is 0 Å². The Hall–Kier alpha value is -2.19. The predicted octanol–water partition coefficient (Wildman–Crippen LogP) is 4.45. The van der Waals surface area contributed by atoms with Crippen LogP contribution < -0.4 is 5.32 Å². The minimum absolute atomic E-state index is 0.0463. The van der Waals surface area contributed by atoms with Gasteiger partial charge in [0.05, 0.1) is 16.8 Å². The largest absolute Gasteiger partial charge is 0.449 e. The Morgan fingerprint density at radius 2 is 2.00 bits per heavy atom. The van der Waals surface area contributed by atoms with E-state index in [0.717, 1.165) is 62.1 Å². The van der Waals surface area contributed by atoms with Gasteiger partial charge in [-0.1, -0.05) is 44.4 Å². The van der Waals surface area contributed by atoms with Crippen LogP contribution in [0.15, 0.2) is 18.2 Å². The van der Waals surface area contributed by atoms with E-state index in [4.69, 9.17) is 4.74 Å².